The molecular formula is C15H21Cl2FN2O2. The van der Waals surface area contributed by atoms with E-state index in [1.165, 1.54) is 12.1 Å². The summed E-state index contributed by atoms with van der Waals surface area (Å²) in [6.07, 6.45) is -0.460. The zero-order valence-electron chi connectivity index (χ0n) is 12.6. The molecule has 0 aromatic heterocycles. The molecule has 1 fully saturated rings. The lowest BCUT2D eigenvalue weighted by molar-refractivity contribution is -0.134. The first-order valence-corrected chi connectivity index (χ1v) is 7.33. The molecule has 124 valence electrons. The van der Waals surface area contributed by atoms with Crippen LogP contribution in [-0.4, -0.2) is 38.3 Å². The average Bonchev–Trinajstić information content (AvgIpc) is 2.45. The molecule has 2 N–H and O–H groups in total. The summed E-state index contributed by atoms with van der Waals surface area (Å²) >= 11 is 6.09. The van der Waals surface area contributed by atoms with Crippen molar-refractivity contribution in [2.24, 2.45) is 0 Å². The molecule has 1 heterocycles. The number of morpholine rings is 1. The van der Waals surface area contributed by atoms with E-state index in [1.54, 1.807) is 6.07 Å². The molecule has 1 amide bonds. The minimum Gasteiger partial charge on any atom is -0.366 e. The fourth-order valence-electron chi connectivity index (χ4n) is 2.29. The maximum Gasteiger partial charge on any atom is 0.250 e. The van der Waals surface area contributed by atoms with E-state index in [-0.39, 0.29) is 24.1 Å². The van der Waals surface area contributed by atoms with E-state index in [2.05, 4.69) is 10.6 Å². The molecule has 0 radical (unpaired) electrons. The molecule has 2 rings (SSSR count). The molecule has 1 aliphatic rings. The maximum atomic E-state index is 13.1. The number of nitrogens with one attached hydrogen (secondary N) is 2. The van der Waals surface area contributed by atoms with Crippen LogP contribution in [-0.2, 0) is 14.9 Å². The molecule has 22 heavy (non-hydrogen) atoms. The van der Waals surface area contributed by atoms with Gasteiger partial charge in [-0.2, -0.15) is 0 Å². The molecule has 1 aromatic rings. The molecule has 0 bridgehead atoms. The number of carbonyl (C=O) groups is 1. The minimum atomic E-state index is -0.460. The van der Waals surface area contributed by atoms with Gasteiger partial charge in [0, 0.05) is 30.1 Å². The smallest absolute Gasteiger partial charge is 0.250 e. The third-order valence-corrected chi connectivity index (χ3v) is 3.90. The highest BCUT2D eigenvalue weighted by atomic mass is 35.5. The summed E-state index contributed by atoms with van der Waals surface area (Å²) in [6.45, 7) is 6.12. The second-order valence-corrected chi connectivity index (χ2v) is 6.20. The van der Waals surface area contributed by atoms with Crippen molar-refractivity contribution in [2.45, 2.75) is 25.4 Å². The Morgan fingerprint density at radius 2 is 2.27 bits per heavy atom. The van der Waals surface area contributed by atoms with Gasteiger partial charge < -0.3 is 15.4 Å². The fraction of sp³-hybridized carbons (Fsp3) is 0.533. The lowest BCUT2D eigenvalue weighted by Gasteiger charge is -2.29. The number of amides is 1. The van der Waals surface area contributed by atoms with Crippen LogP contribution in [0.5, 0.6) is 0 Å². The molecule has 1 unspecified atom stereocenters. The molecule has 0 aliphatic carbocycles. The van der Waals surface area contributed by atoms with Crippen LogP contribution in [0.15, 0.2) is 18.2 Å². The number of ether oxygens (including phenoxy) is 1. The lowest BCUT2D eigenvalue weighted by Crippen LogP contribution is -2.50. The van der Waals surface area contributed by atoms with Gasteiger partial charge in [-0.1, -0.05) is 31.5 Å². The Labute approximate surface area is 141 Å². The number of carbonyl (C=O) groups excluding carboxylic acids is 1. The Morgan fingerprint density at radius 1 is 1.55 bits per heavy atom. The van der Waals surface area contributed by atoms with E-state index in [0.717, 1.165) is 12.1 Å². The highest BCUT2D eigenvalue weighted by molar-refractivity contribution is 6.31. The van der Waals surface area contributed by atoms with Gasteiger partial charge in [0.2, 0.25) is 5.91 Å². The van der Waals surface area contributed by atoms with Crippen molar-refractivity contribution in [1.29, 1.82) is 0 Å². The van der Waals surface area contributed by atoms with E-state index in [4.69, 9.17) is 16.3 Å². The highest BCUT2D eigenvalue weighted by Crippen LogP contribution is 2.29. The van der Waals surface area contributed by atoms with E-state index in [1.807, 2.05) is 13.8 Å². The van der Waals surface area contributed by atoms with Crippen molar-refractivity contribution in [3.63, 3.8) is 0 Å². The van der Waals surface area contributed by atoms with E-state index in [9.17, 15) is 9.18 Å². The molecule has 1 atom stereocenters. The summed E-state index contributed by atoms with van der Waals surface area (Å²) in [7, 11) is 0. The Bertz CT molecular complexity index is 520. The Hall–Kier alpha value is -0.880. The largest absolute Gasteiger partial charge is 0.366 e. The van der Waals surface area contributed by atoms with Gasteiger partial charge in [0.25, 0.3) is 0 Å². The van der Waals surface area contributed by atoms with Crippen LogP contribution < -0.4 is 10.6 Å². The van der Waals surface area contributed by atoms with Gasteiger partial charge in [-0.15, -0.1) is 12.4 Å². The Kier molecular flexibility index (Phi) is 7.06. The van der Waals surface area contributed by atoms with E-state index >= 15 is 0 Å². The minimum absolute atomic E-state index is 0. The van der Waals surface area contributed by atoms with Crippen molar-refractivity contribution in [2.75, 3.05) is 26.2 Å². The van der Waals surface area contributed by atoms with Gasteiger partial charge in [0.05, 0.1) is 6.61 Å². The molecule has 7 heteroatoms. The van der Waals surface area contributed by atoms with Crippen LogP contribution >= 0.6 is 24.0 Å². The maximum absolute atomic E-state index is 13.1. The van der Waals surface area contributed by atoms with Crippen LogP contribution in [0.2, 0.25) is 5.02 Å². The predicted molar refractivity (Wildman–Crippen MR) is 87.3 cm³/mol. The molecule has 1 aromatic carbocycles. The number of hydrogen-bond donors (Lipinski definition) is 2. The highest BCUT2D eigenvalue weighted by Gasteiger charge is 2.27. The van der Waals surface area contributed by atoms with Crippen molar-refractivity contribution >= 4 is 29.9 Å². The second kappa shape index (κ2) is 8.11. The second-order valence-electron chi connectivity index (χ2n) is 5.79. The summed E-state index contributed by atoms with van der Waals surface area (Å²) in [5.41, 5.74) is 0.399. The SMILES string of the molecule is CC(C)(CNC(=O)C1CNCCO1)c1ccc(F)cc1Cl.Cl. The van der Waals surface area contributed by atoms with Gasteiger partial charge in [-0.05, 0) is 17.7 Å². The normalized spacial score (nSPS) is 18.5. The summed E-state index contributed by atoms with van der Waals surface area (Å²) in [5, 5.41) is 6.35. The monoisotopic (exact) mass is 350 g/mol. The number of benzene rings is 1. The third kappa shape index (κ3) is 4.81. The van der Waals surface area contributed by atoms with Gasteiger partial charge >= 0.3 is 0 Å². The van der Waals surface area contributed by atoms with Gasteiger partial charge in [0.1, 0.15) is 11.9 Å². The van der Waals surface area contributed by atoms with Crippen molar-refractivity contribution in [3.05, 3.63) is 34.6 Å². The van der Waals surface area contributed by atoms with Crippen molar-refractivity contribution < 1.29 is 13.9 Å². The van der Waals surface area contributed by atoms with Crippen LogP contribution in [0.1, 0.15) is 19.4 Å². The van der Waals surface area contributed by atoms with Crippen LogP contribution in [0.3, 0.4) is 0 Å². The lowest BCUT2D eigenvalue weighted by atomic mass is 9.84. The molecule has 1 saturated heterocycles. The standard InChI is InChI=1S/C15H20ClFN2O2.ClH/c1-15(2,11-4-3-10(17)7-12(11)16)9-19-14(20)13-8-18-5-6-21-13;/h3-4,7,13,18H,5-6,8-9H2,1-2H3,(H,19,20);1H. The van der Waals surface area contributed by atoms with Crippen molar-refractivity contribution in [3.8, 4) is 0 Å². The number of halogens is 3. The van der Waals surface area contributed by atoms with Gasteiger partial charge in [-0.25, -0.2) is 4.39 Å². The van der Waals surface area contributed by atoms with Crippen LogP contribution in [0.25, 0.3) is 0 Å². The predicted octanol–water partition coefficient (Wildman–Crippen LogP) is 2.28. The molecule has 1 aliphatic heterocycles. The molecule has 0 saturated carbocycles. The summed E-state index contributed by atoms with van der Waals surface area (Å²) in [6, 6.07) is 4.32. The Morgan fingerprint density at radius 3 is 2.86 bits per heavy atom. The zero-order valence-corrected chi connectivity index (χ0v) is 14.2. The molecule has 0 spiro atoms. The first-order chi connectivity index (χ1) is 9.90. The first kappa shape index (κ1) is 19.2. The Balaban J connectivity index is 0.00000242. The van der Waals surface area contributed by atoms with Crippen molar-refractivity contribution in [1.82, 2.24) is 10.6 Å². The van der Waals surface area contributed by atoms with Gasteiger partial charge in [0.15, 0.2) is 0 Å². The summed E-state index contributed by atoms with van der Waals surface area (Å²) < 4.78 is 18.5. The average molecular weight is 351 g/mol. The van der Waals surface area contributed by atoms with E-state index in [0.29, 0.717) is 24.7 Å². The first-order valence-electron chi connectivity index (χ1n) is 6.96. The molecular weight excluding hydrogens is 330 g/mol. The molecule has 4 nitrogen and oxygen atoms in total. The quantitative estimate of drug-likeness (QED) is 0.875. The summed E-state index contributed by atoms with van der Waals surface area (Å²) in [5.74, 6) is -0.515. The third-order valence-electron chi connectivity index (χ3n) is 3.58. The number of rotatable bonds is 4. The zero-order chi connectivity index (χ0) is 15.5. The topological polar surface area (TPSA) is 50.4 Å². The van der Waals surface area contributed by atoms with E-state index < -0.39 is 11.5 Å². The summed E-state index contributed by atoms with van der Waals surface area (Å²) in [4.78, 5) is 12.0. The fourth-order valence-corrected chi connectivity index (χ4v) is 2.71. The van der Waals surface area contributed by atoms with Crippen LogP contribution in [0.4, 0.5) is 4.39 Å². The number of hydrogen-bond acceptors (Lipinski definition) is 3. The van der Waals surface area contributed by atoms with Crippen LogP contribution in [0, 0.1) is 5.82 Å². The van der Waals surface area contributed by atoms with Gasteiger partial charge in [-0.3, -0.25) is 4.79 Å².